The molecule has 0 aliphatic rings. The van der Waals surface area contributed by atoms with Gasteiger partial charge < -0.3 is 19.7 Å². The first kappa shape index (κ1) is 27.8. The van der Waals surface area contributed by atoms with Crippen molar-refractivity contribution in [2.75, 3.05) is 32.8 Å². The number of unbranched alkanes of at least 4 members (excludes halogenated alkanes) is 2. The van der Waals surface area contributed by atoms with Crippen molar-refractivity contribution < 1.29 is 9.47 Å². The summed E-state index contributed by atoms with van der Waals surface area (Å²) in [6, 6.07) is 11.6. The highest BCUT2D eigenvalue weighted by Gasteiger charge is 2.11. The summed E-state index contributed by atoms with van der Waals surface area (Å²) in [5, 5.41) is 4.78. The summed E-state index contributed by atoms with van der Waals surface area (Å²) in [5.74, 6) is 1.43. The van der Waals surface area contributed by atoms with E-state index in [0.29, 0.717) is 29.0 Å². The smallest absolute Gasteiger partial charge is 0.161 e. The quantitative estimate of drug-likeness (QED) is 0.233. The van der Waals surface area contributed by atoms with Gasteiger partial charge >= 0.3 is 0 Å². The molecule has 1 N–H and O–H groups in total. The summed E-state index contributed by atoms with van der Waals surface area (Å²) in [6.07, 6.45) is 6.25. The number of hydrogen-bond donors (Lipinski definition) is 1. The Bertz CT molecular complexity index is 788. The number of ether oxygens (including phenoxy) is 2. The van der Waals surface area contributed by atoms with Crippen LogP contribution in [0.1, 0.15) is 64.0 Å². The predicted molar refractivity (Wildman–Crippen MR) is 141 cm³/mol. The van der Waals surface area contributed by atoms with Crippen LogP contribution in [0.2, 0.25) is 10.0 Å². The molecular weight excluding hydrogens is 455 g/mol. The van der Waals surface area contributed by atoms with Crippen LogP contribution in [0.5, 0.6) is 11.5 Å². The van der Waals surface area contributed by atoms with Gasteiger partial charge in [-0.05, 0) is 82.2 Å². The molecule has 0 bridgehead atoms. The van der Waals surface area contributed by atoms with Crippen LogP contribution in [0.4, 0.5) is 0 Å². The highest BCUT2D eigenvalue weighted by Crippen LogP contribution is 2.31. The second kappa shape index (κ2) is 16.2. The first-order valence-electron chi connectivity index (χ1n) is 12.3. The third-order valence-electron chi connectivity index (χ3n) is 5.55. The van der Waals surface area contributed by atoms with E-state index >= 15 is 0 Å². The molecule has 2 aromatic carbocycles. The Morgan fingerprint density at radius 1 is 0.818 bits per heavy atom. The van der Waals surface area contributed by atoms with E-state index < -0.39 is 0 Å². The molecule has 2 rings (SSSR count). The standard InChI is InChI=1S/C27H40Cl2N2O2/c1-4-7-16-31(17-8-5-2)18-10-15-30-20-22-13-14-26(27(19-22)32-6-3)33-21-23-24(28)11-9-12-25(23)29/h9,11-14,19,30H,4-8,10,15-18,20-21H2,1-3H3. The Kier molecular flexibility index (Phi) is 13.7. The van der Waals surface area contributed by atoms with E-state index in [1.165, 1.54) is 44.3 Å². The summed E-state index contributed by atoms with van der Waals surface area (Å²) < 4.78 is 11.8. The SMILES string of the molecule is CCCCN(CCCC)CCCNCc1ccc(OCc2c(Cl)cccc2Cl)c(OCC)c1. The van der Waals surface area contributed by atoms with Crippen LogP contribution in [0.3, 0.4) is 0 Å². The molecule has 0 heterocycles. The fourth-order valence-electron chi connectivity index (χ4n) is 3.63. The minimum absolute atomic E-state index is 0.294. The minimum Gasteiger partial charge on any atom is -0.490 e. The first-order valence-corrected chi connectivity index (χ1v) is 13.1. The van der Waals surface area contributed by atoms with Crippen molar-refractivity contribution >= 4 is 23.2 Å². The summed E-state index contributed by atoms with van der Waals surface area (Å²) in [5.41, 5.74) is 1.95. The molecule has 0 saturated heterocycles. The van der Waals surface area contributed by atoms with Crippen molar-refractivity contribution in [1.29, 1.82) is 0 Å². The Hall–Kier alpha value is -1.46. The van der Waals surface area contributed by atoms with Gasteiger partial charge in [0.1, 0.15) is 6.61 Å². The van der Waals surface area contributed by atoms with Gasteiger partial charge in [-0.2, -0.15) is 0 Å². The third kappa shape index (κ3) is 10.1. The van der Waals surface area contributed by atoms with Crippen LogP contribution in [-0.4, -0.2) is 37.7 Å². The van der Waals surface area contributed by atoms with Crippen molar-refractivity contribution in [2.24, 2.45) is 0 Å². The average Bonchev–Trinajstić information content (AvgIpc) is 2.81. The Morgan fingerprint density at radius 2 is 1.48 bits per heavy atom. The Labute approximate surface area is 210 Å². The summed E-state index contributed by atoms with van der Waals surface area (Å²) in [4.78, 5) is 2.61. The molecule has 33 heavy (non-hydrogen) atoms. The van der Waals surface area contributed by atoms with Gasteiger partial charge in [0.05, 0.1) is 6.61 Å². The van der Waals surface area contributed by atoms with Crippen molar-refractivity contribution in [3.8, 4) is 11.5 Å². The molecule has 6 heteroatoms. The lowest BCUT2D eigenvalue weighted by atomic mass is 10.2. The second-order valence-electron chi connectivity index (χ2n) is 8.28. The second-order valence-corrected chi connectivity index (χ2v) is 9.10. The van der Waals surface area contributed by atoms with E-state index in [1.807, 2.05) is 31.2 Å². The van der Waals surface area contributed by atoms with Gasteiger partial charge in [0, 0.05) is 22.2 Å². The predicted octanol–water partition coefficient (Wildman–Crippen LogP) is 7.35. The maximum atomic E-state index is 6.27. The van der Waals surface area contributed by atoms with Gasteiger partial charge in [0.2, 0.25) is 0 Å². The van der Waals surface area contributed by atoms with E-state index in [4.69, 9.17) is 32.7 Å². The fraction of sp³-hybridized carbons (Fsp3) is 0.556. The van der Waals surface area contributed by atoms with Gasteiger partial charge in [-0.15, -0.1) is 0 Å². The zero-order valence-electron chi connectivity index (χ0n) is 20.5. The van der Waals surface area contributed by atoms with Gasteiger partial charge in [-0.1, -0.05) is 62.0 Å². The fourth-order valence-corrected chi connectivity index (χ4v) is 4.14. The lowest BCUT2D eigenvalue weighted by molar-refractivity contribution is 0.261. The molecule has 0 aromatic heterocycles. The Morgan fingerprint density at radius 3 is 2.12 bits per heavy atom. The normalized spacial score (nSPS) is 11.2. The highest BCUT2D eigenvalue weighted by molar-refractivity contribution is 6.35. The number of halogens is 2. The van der Waals surface area contributed by atoms with E-state index in [-0.39, 0.29) is 0 Å². The molecule has 0 amide bonds. The molecule has 184 valence electrons. The van der Waals surface area contributed by atoms with E-state index in [9.17, 15) is 0 Å². The van der Waals surface area contributed by atoms with Gasteiger partial charge in [-0.3, -0.25) is 0 Å². The van der Waals surface area contributed by atoms with E-state index in [1.54, 1.807) is 0 Å². The van der Waals surface area contributed by atoms with Crippen LogP contribution < -0.4 is 14.8 Å². The van der Waals surface area contributed by atoms with E-state index in [0.717, 1.165) is 37.4 Å². The molecule has 0 unspecified atom stereocenters. The lowest BCUT2D eigenvalue weighted by Crippen LogP contribution is -2.29. The molecule has 0 aliphatic heterocycles. The molecule has 2 aromatic rings. The molecular formula is C27H40Cl2N2O2. The van der Waals surface area contributed by atoms with Crippen molar-refractivity contribution in [1.82, 2.24) is 10.2 Å². The number of rotatable bonds is 17. The highest BCUT2D eigenvalue weighted by atomic mass is 35.5. The minimum atomic E-state index is 0.294. The van der Waals surface area contributed by atoms with E-state index in [2.05, 4.69) is 36.2 Å². The largest absolute Gasteiger partial charge is 0.490 e. The number of nitrogens with one attached hydrogen (secondary N) is 1. The zero-order valence-corrected chi connectivity index (χ0v) is 22.0. The van der Waals surface area contributed by atoms with Crippen molar-refractivity contribution in [3.63, 3.8) is 0 Å². The van der Waals surface area contributed by atoms with Gasteiger partial charge in [-0.25, -0.2) is 0 Å². The molecule has 0 saturated carbocycles. The monoisotopic (exact) mass is 494 g/mol. The number of hydrogen-bond acceptors (Lipinski definition) is 4. The van der Waals surface area contributed by atoms with Crippen LogP contribution in [0.25, 0.3) is 0 Å². The number of nitrogens with zero attached hydrogens (tertiary/aromatic N) is 1. The maximum Gasteiger partial charge on any atom is 0.161 e. The van der Waals surface area contributed by atoms with Crippen LogP contribution in [0.15, 0.2) is 36.4 Å². The number of benzene rings is 2. The molecule has 0 fully saturated rings. The van der Waals surface area contributed by atoms with Crippen LogP contribution in [-0.2, 0) is 13.2 Å². The molecule has 0 spiro atoms. The third-order valence-corrected chi connectivity index (χ3v) is 6.26. The van der Waals surface area contributed by atoms with Gasteiger partial charge in [0.15, 0.2) is 11.5 Å². The molecule has 0 radical (unpaired) electrons. The summed E-state index contributed by atoms with van der Waals surface area (Å²) >= 11 is 12.5. The van der Waals surface area contributed by atoms with Crippen molar-refractivity contribution in [2.45, 2.75) is 66.0 Å². The topological polar surface area (TPSA) is 33.7 Å². The summed E-state index contributed by atoms with van der Waals surface area (Å²) in [7, 11) is 0. The summed E-state index contributed by atoms with van der Waals surface area (Å²) in [6.45, 7) is 12.8. The van der Waals surface area contributed by atoms with Crippen LogP contribution in [0, 0.1) is 0 Å². The average molecular weight is 496 g/mol. The Balaban J connectivity index is 1.85. The van der Waals surface area contributed by atoms with Crippen LogP contribution >= 0.6 is 23.2 Å². The maximum absolute atomic E-state index is 6.27. The lowest BCUT2D eigenvalue weighted by Gasteiger charge is -2.22. The molecule has 0 atom stereocenters. The zero-order chi connectivity index (χ0) is 23.9. The molecule has 0 aliphatic carbocycles. The first-order chi connectivity index (χ1) is 16.1. The van der Waals surface area contributed by atoms with Crippen molar-refractivity contribution in [3.05, 3.63) is 57.6 Å². The molecule has 4 nitrogen and oxygen atoms in total. The van der Waals surface area contributed by atoms with Gasteiger partial charge in [0.25, 0.3) is 0 Å².